The molecule has 1 saturated carbocycles. The van der Waals surface area contributed by atoms with Crippen molar-refractivity contribution in [2.45, 2.75) is 57.1 Å². The average Bonchev–Trinajstić information content (AvgIpc) is 2.67. The van der Waals surface area contributed by atoms with Crippen LogP contribution in [0, 0.1) is 0 Å². The van der Waals surface area contributed by atoms with Gasteiger partial charge in [0.25, 0.3) is 0 Å². The number of hydrogen-bond donors (Lipinski definition) is 1. The van der Waals surface area contributed by atoms with Crippen LogP contribution in [0.2, 0.25) is 0 Å². The molecule has 1 aromatic heterocycles. The number of nitrogens with two attached hydrogens (primary N) is 1. The van der Waals surface area contributed by atoms with Crippen LogP contribution < -0.4 is 5.73 Å². The van der Waals surface area contributed by atoms with Crippen molar-refractivity contribution in [3.63, 3.8) is 0 Å². The molecule has 96 valence electrons. The summed E-state index contributed by atoms with van der Waals surface area (Å²) in [4.78, 5) is 4.44. The first-order valence-electron chi connectivity index (χ1n) is 6.23. The molecule has 1 unspecified atom stereocenters. The number of methoxy groups -OCH3 is 1. The van der Waals surface area contributed by atoms with Crippen molar-refractivity contribution < 1.29 is 9.26 Å². The van der Waals surface area contributed by atoms with E-state index in [0.717, 1.165) is 32.1 Å². The standard InChI is InChI=1S/C12H21N3O2/c1-4-6-11(2,13)10-14-9(15-17-10)12(16-3)7-5-8-12/h4-8,13H2,1-3H3. The predicted octanol–water partition coefficient (Wildman–Crippen LogP) is 2.07. The Labute approximate surface area is 102 Å². The molecule has 1 heterocycles. The Bertz CT molecular complexity index is 377. The van der Waals surface area contributed by atoms with Crippen LogP contribution in [-0.2, 0) is 15.9 Å². The van der Waals surface area contributed by atoms with Crippen molar-refractivity contribution in [2.24, 2.45) is 5.73 Å². The van der Waals surface area contributed by atoms with Crippen LogP contribution in [0.1, 0.15) is 57.7 Å². The summed E-state index contributed by atoms with van der Waals surface area (Å²) in [6, 6.07) is 0. The van der Waals surface area contributed by atoms with E-state index in [9.17, 15) is 0 Å². The highest BCUT2D eigenvalue weighted by atomic mass is 16.5. The minimum atomic E-state index is -0.543. The Morgan fingerprint density at radius 2 is 2.24 bits per heavy atom. The van der Waals surface area contributed by atoms with Crippen molar-refractivity contribution in [3.05, 3.63) is 11.7 Å². The SMILES string of the molecule is CCCC(C)(N)c1nc(C2(OC)CCC2)no1. The molecule has 0 bridgehead atoms. The van der Waals surface area contributed by atoms with Gasteiger partial charge in [-0.15, -0.1) is 0 Å². The maximum absolute atomic E-state index is 6.17. The molecule has 0 aliphatic heterocycles. The summed E-state index contributed by atoms with van der Waals surface area (Å²) < 4.78 is 10.8. The lowest BCUT2D eigenvalue weighted by Crippen LogP contribution is -2.38. The monoisotopic (exact) mass is 239 g/mol. The third kappa shape index (κ3) is 2.09. The topological polar surface area (TPSA) is 74.2 Å². The fourth-order valence-corrected chi connectivity index (χ4v) is 2.28. The van der Waals surface area contributed by atoms with E-state index in [1.807, 2.05) is 6.92 Å². The van der Waals surface area contributed by atoms with Gasteiger partial charge in [-0.1, -0.05) is 18.5 Å². The first-order chi connectivity index (χ1) is 8.04. The normalized spacial score (nSPS) is 21.9. The van der Waals surface area contributed by atoms with Crippen molar-refractivity contribution in [3.8, 4) is 0 Å². The predicted molar refractivity (Wildman–Crippen MR) is 63.3 cm³/mol. The molecule has 1 aromatic rings. The number of ether oxygens (including phenoxy) is 1. The summed E-state index contributed by atoms with van der Waals surface area (Å²) >= 11 is 0. The Morgan fingerprint density at radius 1 is 1.53 bits per heavy atom. The fourth-order valence-electron chi connectivity index (χ4n) is 2.28. The Hall–Kier alpha value is -0.940. The summed E-state index contributed by atoms with van der Waals surface area (Å²) in [6.45, 7) is 4.01. The molecular weight excluding hydrogens is 218 g/mol. The molecule has 0 amide bonds. The third-order valence-electron chi connectivity index (χ3n) is 3.64. The third-order valence-corrected chi connectivity index (χ3v) is 3.64. The van der Waals surface area contributed by atoms with E-state index in [1.165, 1.54) is 0 Å². The molecular formula is C12H21N3O2. The van der Waals surface area contributed by atoms with E-state index in [2.05, 4.69) is 17.1 Å². The van der Waals surface area contributed by atoms with Crippen LogP contribution in [0.4, 0.5) is 0 Å². The summed E-state index contributed by atoms with van der Waals surface area (Å²) in [5.74, 6) is 1.16. The highest BCUT2D eigenvalue weighted by Crippen LogP contribution is 2.43. The second-order valence-corrected chi connectivity index (χ2v) is 5.14. The first-order valence-corrected chi connectivity index (χ1v) is 6.23. The van der Waals surface area contributed by atoms with E-state index in [4.69, 9.17) is 15.0 Å². The van der Waals surface area contributed by atoms with Crippen LogP contribution in [-0.4, -0.2) is 17.3 Å². The molecule has 1 atom stereocenters. The second-order valence-electron chi connectivity index (χ2n) is 5.14. The number of nitrogens with zero attached hydrogens (tertiary/aromatic N) is 2. The molecule has 0 radical (unpaired) electrons. The zero-order chi connectivity index (χ0) is 12.5. The summed E-state index contributed by atoms with van der Waals surface area (Å²) in [5, 5.41) is 4.04. The van der Waals surface area contributed by atoms with Gasteiger partial charge >= 0.3 is 0 Å². The lowest BCUT2D eigenvalue weighted by atomic mass is 9.79. The van der Waals surface area contributed by atoms with Crippen LogP contribution >= 0.6 is 0 Å². The number of aromatic nitrogens is 2. The minimum absolute atomic E-state index is 0.329. The van der Waals surface area contributed by atoms with E-state index in [0.29, 0.717) is 11.7 Å². The Balaban J connectivity index is 2.21. The van der Waals surface area contributed by atoms with Crippen molar-refractivity contribution in [2.75, 3.05) is 7.11 Å². The van der Waals surface area contributed by atoms with Gasteiger partial charge < -0.3 is 15.0 Å². The molecule has 17 heavy (non-hydrogen) atoms. The van der Waals surface area contributed by atoms with Gasteiger partial charge in [0.15, 0.2) is 0 Å². The molecule has 2 N–H and O–H groups in total. The molecule has 0 aromatic carbocycles. The van der Waals surface area contributed by atoms with Crippen molar-refractivity contribution in [1.29, 1.82) is 0 Å². The van der Waals surface area contributed by atoms with E-state index < -0.39 is 5.54 Å². The van der Waals surface area contributed by atoms with E-state index in [-0.39, 0.29) is 5.60 Å². The summed E-state index contributed by atoms with van der Waals surface area (Å²) in [7, 11) is 1.70. The highest BCUT2D eigenvalue weighted by molar-refractivity contribution is 5.09. The molecule has 2 rings (SSSR count). The maximum atomic E-state index is 6.17. The van der Waals surface area contributed by atoms with Crippen LogP contribution in [0.3, 0.4) is 0 Å². The minimum Gasteiger partial charge on any atom is -0.370 e. The number of rotatable bonds is 5. The molecule has 5 nitrogen and oxygen atoms in total. The zero-order valence-electron chi connectivity index (χ0n) is 10.8. The molecule has 1 fully saturated rings. The highest BCUT2D eigenvalue weighted by Gasteiger charge is 2.44. The molecule has 1 aliphatic rings. The van der Waals surface area contributed by atoms with Crippen LogP contribution in [0.5, 0.6) is 0 Å². The van der Waals surface area contributed by atoms with E-state index >= 15 is 0 Å². The van der Waals surface area contributed by atoms with Gasteiger partial charge in [0.2, 0.25) is 11.7 Å². The summed E-state index contributed by atoms with van der Waals surface area (Å²) in [5.41, 5.74) is 5.30. The molecule has 1 aliphatic carbocycles. The Morgan fingerprint density at radius 3 is 2.71 bits per heavy atom. The van der Waals surface area contributed by atoms with Gasteiger partial charge in [0, 0.05) is 7.11 Å². The molecule has 0 saturated heterocycles. The smallest absolute Gasteiger partial charge is 0.246 e. The van der Waals surface area contributed by atoms with Gasteiger partial charge in [-0.2, -0.15) is 4.98 Å². The Kier molecular flexibility index (Phi) is 3.23. The quantitative estimate of drug-likeness (QED) is 0.851. The van der Waals surface area contributed by atoms with Crippen molar-refractivity contribution >= 4 is 0 Å². The van der Waals surface area contributed by atoms with Gasteiger partial charge in [-0.25, -0.2) is 0 Å². The first kappa shape index (κ1) is 12.5. The van der Waals surface area contributed by atoms with Crippen LogP contribution in [0.15, 0.2) is 4.52 Å². The second kappa shape index (κ2) is 4.38. The van der Waals surface area contributed by atoms with Gasteiger partial charge in [0.05, 0.1) is 5.54 Å². The van der Waals surface area contributed by atoms with Gasteiger partial charge in [-0.05, 0) is 32.6 Å². The average molecular weight is 239 g/mol. The van der Waals surface area contributed by atoms with Crippen molar-refractivity contribution in [1.82, 2.24) is 10.1 Å². The molecule has 5 heteroatoms. The van der Waals surface area contributed by atoms with Gasteiger partial charge in [0.1, 0.15) is 5.60 Å². The maximum Gasteiger partial charge on any atom is 0.246 e. The molecule has 0 spiro atoms. The van der Waals surface area contributed by atoms with Crippen LogP contribution in [0.25, 0.3) is 0 Å². The zero-order valence-corrected chi connectivity index (χ0v) is 10.8. The largest absolute Gasteiger partial charge is 0.370 e. The fraction of sp³-hybridized carbons (Fsp3) is 0.833. The summed E-state index contributed by atoms with van der Waals surface area (Å²) in [6.07, 6.45) is 4.87. The van der Waals surface area contributed by atoms with E-state index in [1.54, 1.807) is 7.11 Å². The lowest BCUT2D eigenvalue weighted by molar-refractivity contribution is -0.0858. The van der Waals surface area contributed by atoms with Gasteiger partial charge in [-0.3, -0.25) is 0 Å². The lowest BCUT2D eigenvalue weighted by Gasteiger charge is -2.37. The number of hydrogen-bond acceptors (Lipinski definition) is 5.